The van der Waals surface area contributed by atoms with Crippen LogP contribution in [0, 0.1) is 0 Å². The standard InChI is InChI=1S/C34H24/c1-4-10-25(11-5-1)27-16-20-29(21-17-27)33-24-34(32-15-9-3-8-14-31(32)33)30-22-18-28(19-23-30)26-12-6-2-7-13-26/h1-24H. The van der Waals surface area contributed by atoms with Gasteiger partial charge in [0.25, 0.3) is 0 Å². The molecular formula is C34H24. The molecule has 0 unspecified atom stereocenters. The van der Waals surface area contributed by atoms with E-state index in [4.69, 9.17) is 0 Å². The van der Waals surface area contributed by atoms with Crippen molar-refractivity contribution in [3.05, 3.63) is 146 Å². The maximum Gasteiger partial charge on any atom is -0.00988 e. The fraction of sp³-hybridized carbons (Fsp3) is 0. The highest BCUT2D eigenvalue weighted by Crippen LogP contribution is 2.44. The normalized spacial score (nSPS) is 10.9. The lowest BCUT2D eigenvalue weighted by atomic mass is 9.98. The number of benzene rings is 4. The molecule has 0 fully saturated rings. The first kappa shape index (κ1) is 20.2. The second-order valence-electron chi connectivity index (χ2n) is 8.60. The Labute approximate surface area is 201 Å². The van der Waals surface area contributed by atoms with Crippen LogP contribution in [0.4, 0.5) is 0 Å². The average Bonchev–Trinajstić information content (AvgIpc) is 3.10. The Hall–Kier alpha value is -4.42. The third-order valence-corrected chi connectivity index (χ3v) is 6.51. The average molecular weight is 433 g/mol. The summed E-state index contributed by atoms with van der Waals surface area (Å²) in [6.07, 6.45) is 0. The highest BCUT2D eigenvalue weighted by molar-refractivity contribution is 5.98. The van der Waals surface area contributed by atoms with Gasteiger partial charge in [0.2, 0.25) is 0 Å². The first-order valence-electron chi connectivity index (χ1n) is 11.7. The van der Waals surface area contributed by atoms with E-state index in [1.807, 2.05) is 0 Å². The van der Waals surface area contributed by atoms with Crippen LogP contribution in [0.15, 0.2) is 146 Å². The van der Waals surface area contributed by atoms with E-state index in [1.54, 1.807) is 0 Å². The SMILES string of the molecule is c1ccc(-c2ccc(-c3cc(-c4ccc(-c5ccccc5)cc4)c4cccccc3-4)cc2)cc1. The van der Waals surface area contributed by atoms with Gasteiger partial charge in [-0.05, 0) is 61.7 Å². The van der Waals surface area contributed by atoms with Crippen molar-refractivity contribution >= 4 is 0 Å². The molecule has 4 aromatic rings. The monoisotopic (exact) mass is 432 g/mol. The van der Waals surface area contributed by atoms with Crippen LogP contribution in [0.1, 0.15) is 0 Å². The second-order valence-corrected chi connectivity index (χ2v) is 8.60. The minimum absolute atomic E-state index is 1.24. The van der Waals surface area contributed by atoms with Crippen molar-refractivity contribution in [1.82, 2.24) is 0 Å². The first-order chi connectivity index (χ1) is 16.9. The van der Waals surface area contributed by atoms with Crippen molar-refractivity contribution in [1.29, 1.82) is 0 Å². The highest BCUT2D eigenvalue weighted by atomic mass is 14.2. The van der Waals surface area contributed by atoms with Crippen LogP contribution >= 0.6 is 0 Å². The smallest absolute Gasteiger partial charge is 0.00988 e. The molecule has 0 aromatic heterocycles. The van der Waals surface area contributed by atoms with Gasteiger partial charge in [0.05, 0.1) is 0 Å². The molecular weight excluding hydrogens is 408 g/mol. The summed E-state index contributed by atoms with van der Waals surface area (Å²) in [6.45, 7) is 0. The largest absolute Gasteiger partial charge is 0.0622 e. The maximum atomic E-state index is 2.35. The van der Waals surface area contributed by atoms with E-state index in [2.05, 4.69) is 146 Å². The molecule has 0 atom stereocenters. The molecule has 0 spiro atoms. The van der Waals surface area contributed by atoms with Crippen molar-refractivity contribution in [2.75, 3.05) is 0 Å². The van der Waals surface area contributed by atoms with Gasteiger partial charge in [-0.1, -0.05) is 140 Å². The quantitative estimate of drug-likeness (QED) is 0.260. The number of hydrogen-bond donors (Lipinski definition) is 0. The van der Waals surface area contributed by atoms with Gasteiger partial charge in [-0.15, -0.1) is 0 Å². The fourth-order valence-electron chi connectivity index (χ4n) is 4.74. The molecule has 0 heteroatoms. The molecule has 4 aromatic carbocycles. The third kappa shape index (κ3) is 3.80. The molecule has 2 aliphatic rings. The molecule has 2 aliphatic carbocycles. The molecule has 0 heterocycles. The molecule has 0 radical (unpaired) electrons. The van der Waals surface area contributed by atoms with E-state index in [9.17, 15) is 0 Å². The second kappa shape index (κ2) is 8.84. The molecule has 0 amide bonds. The van der Waals surface area contributed by atoms with Crippen LogP contribution in [0.5, 0.6) is 0 Å². The molecule has 0 nitrogen and oxygen atoms in total. The summed E-state index contributed by atoms with van der Waals surface area (Å²) >= 11 is 0. The lowest BCUT2D eigenvalue weighted by Crippen LogP contribution is -1.80. The summed E-state index contributed by atoms with van der Waals surface area (Å²) in [5.41, 5.74) is 12.5. The first-order valence-corrected chi connectivity index (χ1v) is 11.7. The zero-order valence-electron chi connectivity index (χ0n) is 18.9. The van der Waals surface area contributed by atoms with Gasteiger partial charge in [-0.2, -0.15) is 0 Å². The summed E-state index contributed by atoms with van der Waals surface area (Å²) in [6, 6.07) is 52.1. The molecule has 0 aliphatic heterocycles. The maximum absolute atomic E-state index is 2.35. The van der Waals surface area contributed by atoms with Crippen LogP contribution in [-0.4, -0.2) is 0 Å². The number of hydrogen-bond acceptors (Lipinski definition) is 0. The Kier molecular flexibility index (Phi) is 5.26. The fourth-order valence-corrected chi connectivity index (χ4v) is 4.74. The Balaban J connectivity index is 1.42. The Morgan fingerprint density at radius 2 is 0.500 bits per heavy atom. The summed E-state index contributed by atoms with van der Waals surface area (Å²) in [4.78, 5) is 0. The van der Waals surface area contributed by atoms with Gasteiger partial charge < -0.3 is 0 Å². The Bertz CT molecular complexity index is 1380. The van der Waals surface area contributed by atoms with Crippen LogP contribution < -0.4 is 0 Å². The summed E-state index contributed by atoms with van der Waals surface area (Å²) in [5.74, 6) is 0. The zero-order valence-corrected chi connectivity index (χ0v) is 18.9. The van der Waals surface area contributed by atoms with Gasteiger partial charge in [-0.25, -0.2) is 0 Å². The molecule has 160 valence electrons. The zero-order chi connectivity index (χ0) is 22.7. The lowest BCUT2D eigenvalue weighted by molar-refractivity contribution is 1.60. The van der Waals surface area contributed by atoms with Gasteiger partial charge in [-0.3, -0.25) is 0 Å². The van der Waals surface area contributed by atoms with Crippen molar-refractivity contribution in [3.63, 3.8) is 0 Å². The molecule has 0 N–H and O–H groups in total. The predicted octanol–water partition coefficient (Wildman–Crippen LogP) is 9.46. The predicted molar refractivity (Wildman–Crippen MR) is 145 cm³/mol. The molecule has 0 saturated heterocycles. The molecule has 6 rings (SSSR count). The summed E-state index contributed by atoms with van der Waals surface area (Å²) in [7, 11) is 0. The Morgan fingerprint density at radius 3 is 0.882 bits per heavy atom. The van der Waals surface area contributed by atoms with Crippen LogP contribution in [0.2, 0.25) is 0 Å². The van der Waals surface area contributed by atoms with Crippen LogP contribution in [0.3, 0.4) is 0 Å². The third-order valence-electron chi connectivity index (χ3n) is 6.51. The van der Waals surface area contributed by atoms with Crippen LogP contribution in [0.25, 0.3) is 55.6 Å². The molecule has 34 heavy (non-hydrogen) atoms. The van der Waals surface area contributed by atoms with E-state index < -0.39 is 0 Å². The van der Waals surface area contributed by atoms with E-state index in [0.29, 0.717) is 0 Å². The molecule has 0 saturated carbocycles. The van der Waals surface area contributed by atoms with Crippen molar-refractivity contribution < 1.29 is 0 Å². The minimum Gasteiger partial charge on any atom is -0.0622 e. The van der Waals surface area contributed by atoms with E-state index >= 15 is 0 Å². The van der Waals surface area contributed by atoms with Crippen LogP contribution in [-0.2, 0) is 0 Å². The van der Waals surface area contributed by atoms with E-state index in [0.717, 1.165) is 0 Å². The number of rotatable bonds is 4. The van der Waals surface area contributed by atoms with Crippen molar-refractivity contribution in [2.24, 2.45) is 0 Å². The van der Waals surface area contributed by atoms with Gasteiger partial charge >= 0.3 is 0 Å². The van der Waals surface area contributed by atoms with Gasteiger partial charge in [0.1, 0.15) is 0 Å². The number of fused-ring (bicyclic) bond motifs is 1. The lowest BCUT2D eigenvalue weighted by Gasteiger charge is -2.06. The highest BCUT2D eigenvalue weighted by Gasteiger charge is 2.17. The van der Waals surface area contributed by atoms with Crippen molar-refractivity contribution in [3.8, 4) is 55.6 Å². The van der Waals surface area contributed by atoms with E-state index in [1.165, 1.54) is 55.6 Å². The summed E-state index contributed by atoms with van der Waals surface area (Å²) < 4.78 is 0. The van der Waals surface area contributed by atoms with Crippen molar-refractivity contribution in [2.45, 2.75) is 0 Å². The topological polar surface area (TPSA) is 0 Å². The molecule has 0 bridgehead atoms. The van der Waals surface area contributed by atoms with E-state index in [-0.39, 0.29) is 0 Å². The van der Waals surface area contributed by atoms with Gasteiger partial charge in [0, 0.05) is 0 Å². The van der Waals surface area contributed by atoms with Gasteiger partial charge in [0.15, 0.2) is 0 Å². The Morgan fingerprint density at radius 1 is 0.206 bits per heavy atom. The summed E-state index contributed by atoms with van der Waals surface area (Å²) in [5, 5.41) is 0. The minimum atomic E-state index is 1.24.